The molecule has 2 saturated heterocycles. The lowest BCUT2D eigenvalue weighted by Crippen LogP contribution is -2.34. The number of carbonyl (C=O) groups is 1. The molecule has 0 amide bonds. The van der Waals surface area contributed by atoms with Crippen LogP contribution in [0.3, 0.4) is 0 Å². The fourth-order valence-electron chi connectivity index (χ4n) is 1.41. The third-order valence-corrected chi connectivity index (χ3v) is 2.03. The number of cyclic esters (lactones) is 2. The molecular weight excluding hydrogens is 176 g/mol. The zero-order chi connectivity index (χ0) is 9.42. The molecule has 0 aliphatic carbocycles. The van der Waals surface area contributed by atoms with Crippen LogP contribution in [0.1, 0.15) is 6.92 Å². The topological polar surface area (TPSA) is 54.0 Å². The van der Waals surface area contributed by atoms with Crippen molar-refractivity contribution in [2.45, 2.75) is 25.2 Å². The first-order valence-corrected chi connectivity index (χ1v) is 4.02. The summed E-state index contributed by atoms with van der Waals surface area (Å²) in [5, 5.41) is 0. The van der Waals surface area contributed by atoms with Crippen molar-refractivity contribution in [2.24, 2.45) is 0 Å². The van der Waals surface area contributed by atoms with Gasteiger partial charge >= 0.3 is 6.16 Å². The van der Waals surface area contributed by atoms with Crippen molar-refractivity contribution in [3.8, 4) is 0 Å². The van der Waals surface area contributed by atoms with Crippen molar-refractivity contribution < 1.29 is 23.7 Å². The van der Waals surface area contributed by atoms with Gasteiger partial charge in [0.25, 0.3) is 5.95 Å². The molecular formula is C8H10O5. The zero-order valence-electron chi connectivity index (χ0n) is 7.19. The Morgan fingerprint density at radius 2 is 2.15 bits per heavy atom. The van der Waals surface area contributed by atoms with E-state index in [0.717, 1.165) is 0 Å². The van der Waals surface area contributed by atoms with Crippen LogP contribution in [0.5, 0.6) is 0 Å². The Labute approximate surface area is 75.2 Å². The second-order valence-electron chi connectivity index (χ2n) is 2.99. The number of ether oxygens (including phenoxy) is 4. The molecule has 0 aromatic carbocycles. The minimum Gasteiger partial charge on any atom is -0.462 e. The van der Waals surface area contributed by atoms with E-state index in [2.05, 4.69) is 6.58 Å². The van der Waals surface area contributed by atoms with Crippen molar-refractivity contribution in [3.05, 3.63) is 12.5 Å². The standard InChI is InChI=1S/C8H10O5/c1-4-7(13-8(9)11-4)6-3-10-5(2)12-6/h4,6-7H,2-3H2,1H3. The molecule has 5 heteroatoms. The Bertz CT molecular complexity index is 249. The first-order chi connectivity index (χ1) is 6.16. The van der Waals surface area contributed by atoms with E-state index in [9.17, 15) is 4.79 Å². The Morgan fingerprint density at radius 3 is 2.62 bits per heavy atom. The van der Waals surface area contributed by atoms with Gasteiger partial charge in [-0.3, -0.25) is 0 Å². The third kappa shape index (κ3) is 1.41. The average Bonchev–Trinajstić information content (AvgIpc) is 2.58. The molecule has 0 spiro atoms. The molecule has 5 nitrogen and oxygen atoms in total. The summed E-state index contributed by atoms with van der Waals surface area (Å²) in [7, 11) is 0. The summed E-state index contributed by atoms with van der Waals surface area (Å²) >= 11 is 0. The largest absolute Gasteiger partial charge is 0.509 e. The quantitative estimate of drug-likeness (QED) is 0.567. The van der Waals surface area contributed by atoms with E-state index in [1.165, 1.54) is 0 Å². The third-order valence-electron chi connectivity index (χ3n) is 2.03. The molecule has 3 atom stereocenters. The van der Waals surface area contributed by atoms with Crippen LogP contribution < -0.4 is 0 Å². The van der Waals surface area contributed by atoms with Gasteiger partial charge in [0.05, 0.1) is 0 Å². The van der Waals surface area contributed by atoms with Gasteiger partial charge in [0.15, 0.2) is 12.2 Å². The van der Waals surface area contributed by atoms with Crippen molar-refractivity contribution in [1.29, 1.82) is 0 Å². The Hall–Kier alpha value is -1.39. The molecule has 0 saturated carbocycles. The average molecular weight is 186 g/mol. The Kier molecular flexibility index (Phi) is 1.79. The maximum Gasteiger partial charge on any atom is 0.509 e. The molecule has 0 bridgehead atoms. The number of hydrogen-bond acceptors (Lipinski definition) is 5. The summed E-state index contributed by atoms with van der Waals surface area (Å²) in [4.78, 5) is 10.7. The van der Waals surface area contributed by atoms with Gasteiger partial charge in [-0.05, 0) is 13.5 Å². The first kappa shape index (κ1) is 8.22. The van der Waals surface area contributed by atoms with Crippen molar-refractivity contribution >= 4 is 6.16 Å². The first-order valence-electron chi connectivity index (χ1n) is 4.02. The van der Waals surface area contributed by atoms with Gasteiger partial charge < -0.3 is 18.9 Å². The second kappa shape index (κ2) is 2.83. The zero-order valence-corrected chi connectivity index (χ0v) is 7.19. The van der Waals surface area contributed by atoms with Crippen LogP contribution in [0.25, 0.3) is 0 Å². The molecule has 13 heavy (non-hydrogen) atoms. The second-order valence-corrected chi connectivity index (χ2v) is 2.99. The smallest absolute Gasteiger partial charge is 0.462 e. The van der Waals surface area contributed by atoms with Crippen LogP contribution in [0.4, 0.5) is 4.79 Å². The molecule has 0 aromatic rings. The summed E-state index contributed by atoms with van der Waals surface area (Å²) in [5.74, 6) is 0.264. The van der Waals surface area contributed by atoms with Crippen LogP contribution in [0.2, 0.25) is 0 Å². The molecule has 2 heterocycles. The van der Waals surface area contributed by atoms with Crippen molar-refractivity contribution in [2.75, 3.05) is 6.61 Å². The highest BCUT2D eigenvalue weighted by atomic mass is 16.8. The van der Waals surface area contributed by atoms with Crippen LogP contribution in [0.15, 0.2) is 12.5 Å². The summed E-state index contributed by atoms with van der Waals surface area (Å²) in [6.07, 6.45) is -1.65. The number of rotatable bonds is 1. The van der Waals surface area contributed by atoms with E-state index in [4.69, 9.17) is 18.9 Å². The van der Waals surface area contributed by atoms with Crippen LogP contribution in [-0.4, -0.2) is 31.1 Å². The highest BCUT2D eigenvalue weighted by Gasteiger charge is 2.43. The van der Waals surface area contributed by atoms with Crippen LogP contribution >= 0.6 is 0 Å². The highest BCUT2D eigenvalue weighted by Crippen LogP contribution is 2.25. The molecule has 2 aliphatic rings. The molecule has 72 valence electrons. The van der Waals surface area contributed by atoms with Gasteiger partial charge in [-0.15, -0.1) is 0 Å². The molecule has 0 N–H and O–H groups in total. The van der Waals surface area contributed by atoms with E-state index in [0.29, 0.717) is 6.61 Å². The molecule has 3 unspecified atom stereocenters. The SMILES string of the molecule is C=C1OCC(C2OC(=O)OC2C)O1. The predicted molar refractivity (Wildman–Crippen MR) is 40.8 cm³/mol. The van der Waals surface area contributed by atoms with Gasteiger partial charge in [-0.1, -0.05) is 0 Å². The van der Waals surface area contributed by atoms with Crippen LogP contribution in [0, 0.1) is 0 Å². The normalized spacial score (nSPS) is 37.8. The fourth-order valence-corrected chi connectivity index (χ4v) is 1.41. The summed E-state index contributed by atoms with van der Waals surface area (Å²) < 4.78 is 19.9. The Balaban J connectivity index is 2.01. The van der Waals surface area contributed by atoms with E-state index in [1.54, 1.807) is 6.92 Å². The van der Waals surface area contributed by atoms with E-state index < -0.39 is 12.3 Å². The monoisotopic (exact) mass is 186 g/mol. The maximum absolute atomic E-state index is 10.7. The van der Waals surface area contributed by atoms with Crippen molar-refractivity contribution in [1.82, 2.24) is 0 Å². The summed E-state index contributed by atoms with van der Waals surface area (Å²) in [6, 6.07) is 0. The lowest BCUT2D eigenvalue weighted by molar-refractivity contribution is 0.0243. The predicted octanol–water partition coefficient (Wildman–Crippen LogP) is 0.797. The number of hydrogen-bond donors (Lipinski definition) is 0. The summed E-state index contributed by atoms with van der Waals surface area (Å²) in [6.45, 7) is 5.60. The van der Waals surface area contributed by atoms with Gasteiger partial charge in [-0.25, -0.2) is 4.79 Å². The van der Waals surface area contributed by atoms with Gasteiger partial charge in [0.1, 0.15) is 12.7 Å². The van der Waals surface area contributed by atoms with E-state index in [1.807, 2.05) is 0 Å². The highest BCUT2D eigenvalue weighted by molar-refractivity contribution is 5.62. The molecule has 0 aromatic heterocycles. The number of carbonyl (C=O) groups excluding carboxylic acids is 1. The minimum atomic E-state index is -0.654. The fraction of sp³-hybridized carbons (Fsp3) is 0.625. The molecule has 2 aliphatic heterocycles. The summed E-state index contributed by atoms with van der Waals surface area (Å²) in [5.41, 5.74) is 0. The lowest BCUT2D eigenvalue weighted by Gasteiger charge is -2.15. The Morgan fingerprint density at radius 1 is 1.38 bits per heavy atom. The maximum atomic E-state index is 10.7. The van der Waals surface area contributed by atoms with Gasteiger partial charge in [0, 0.05) is 0 Å². The molecule has 2 fully saturated rings. The van der Waals surface area contributed by atoms with Gasteiger partial charge in [-0.2, -0.15) is 0 Å². The van der Waals surface area contributed by atoms with Crippen LogP contribution in [-0.2, 0) is 18.9 Å². The van der Waals surface area contributed by atoms with E-state index in [-0.39, 0.29) is 18.2 Å². The van der Waals surface area contributed by atoms with Crippen molar-refractivity contribution in [3.63, 3.8) is 0 Å². The molecule has 2 rings (SSSR count). The molecule has 0 radical (unpaired) electrons. The minimum absolute atomic E-state index is 0.264. The lowest BCUT2D eigenvalue weighted by atomic mass is 10.1. The van der Waals surface area contributed by atoms with E-state index >= 15 is 0 Å². The van der Waals surface area contributed by atoms with Gasteiger partial charge in [0.2, 0.25) is 0 Å².